The maximum absolute atomic E-state index is 10.9. The lowest BCUT2D eigenvalue weighted by molar-refractivity contribution is -0.623. The molecule has 0 amide bonds. The fourth-order valence-corrected chi connectivity index (χ4v) is 0.885. The summed E-state index contributed by atoms with van der Waals surface area (Å²) in [6, 6.07) is 1.03. The Morgan fingerprint density at radius 3 is 2.92 bits per heavy atom. The summed E-state index contributed by atoms with van der Waals surface area (Å²) in [6.07, 6.45) is 0. The van der Waals surface area contributed by atoms with Crippen molar-refractivity contribution in [2.24, 2.45) is 0 Å². The van der Waals surface area contributed by atoms with Gasteiger partial charge in [-0.05, 0) is 11.9 Å². The van der Waals surface area contributed by atoms with Gasteiger partial charge in [0, 0.05) is 13.2 Å². The molecule has 1 rings (SSSR count). The molecule has 0 aliphatic heterocycles. The first-order valence-corrected chi connectivity index (χ1v) is 3.43. The monoisotopic (exact) mass is 170 g/mol. The van der Waals surface area contributed by atoms with E-state index in [1.165, 1.54) is 7.11 Å². The Labute approximate surface area is 69.8 Å². The van der Waals surface area contributed by atoms with Crippen LogP contribution >= 0.6 is 0 Å². The first kappa shape index (κ1) is 8.73. The summed E-state index contributed by atoms with van der Waals surface area (Å²) < 4.78 is 5.15. The summed E-state index contributed by atoms with van der Waals surface area (Å²) in [5, 5.41) is 19.9. The molecule has 0 atom stereocenters. The third-order valence-corrected chi connectivity index (χ3v) is 1.41. The largest absolute Gasteiger partial charge is 0.708 e. The maximum atomic E-state index is 10.9. The lowest BCUT2D eigenvalue weighted by Crippen LogP contribution is -2.31. The van der Waals surface area contributed by atoms with Gasteiger partial charge in [0.25, 0.3) is 0 Å². The summed E-state index contributed by atoms with van der Waals surface area (Å²) in [6.45, 7) is 1.88. The van der Waals surface area contributed by atoms with Gasteiger partial charge in [0.05, 0.1) is 0 Å². The van der Waals surface area contributed by atoms with Crippen LogP contribution in [0.4, 0.5) is 0 Å². The number of aromatic hydroxyl groups is 1. The normalized spacial score (nSPS) is 10.2. The van der Waals surface area contributed by atoms with Crippen LogP contribution in [0.15, 0.2) is 6.07 Å². The molecule has 1 aromatic heterocycles. The third kappa shape index (κ3) is 1.62. The lowest BCUT2D eigenvalue weighted by Gasteiger charge is -2.05. The van der Waals surface area contributed by atoms with Crippen molar-refractivity contribution in [3.8, 4) is 6.01 Å². The van der Waals surface area contributed by atoms with E-state index in [0.717, 1.165) is 0 Å². The van der Waals surface area contributed by atoms with Crippen LogP contribution in [0.5, 0.6) is 6.01 Å². The van der Waals surface area contributed by atoms with Crippen molar-refractivity contribution in [3.63, 3.8) is 0 Å². The van der Waals surface area contributed by atoms with Gasteiger partial charge >= 0.3 is 6.01 Å². The molecular formula is C7H10N2O3. The summed E-state index contributed by atoms with van der Waals surface area (Å²) in [5.41, 5.74) is 0.939. The smallest absolute Gasteiger partial charge is 0.499 e. The molecule has 0 unspecified atom stereocenters. The number of hydrogen-bond donors (Lipinski definition) is 1. The van der Waals surface area contributed by atoms with E-state index in [0.29, 0.717) is 16.1 Å². The zero-order valence-corrected chi connectivity index (χ0v) is 6.94. The van der Waals surface area contributed by atoms with Crippen molar-refractivity contribution in [2.75, 3.05) is 7.11 Å². The molecule has 0 saturated carbocycles. The van der Waals surface area contributed by atoms with E-state index in [2.05, 4.69) is 4.98 Å². The van der Waals surface area contributed by atoms with E-state index in [-0.39, 0.29) is 6.61 Å². The van der Waals surface area contributed by atoms with E-state index >= 15 is 0 Å². The van der Waals surface area contributed by atoms with Crippen LogP contribution in [0.2, 0.25) is 0 Å². The molecule has 66 valence electrons. The number of aromatic nitrogens is 2. The van der Waals surface area contributed by atoms with Crippen molar-refractivity contribution in [1.29, 1.82) is 0 Å². The number of aryl methyl sites for hydroxylation is 1. The Kier molecular flexibility index (Phi) is 2.44. The minimum Gasteiger partial charge on any atom is -0.708 e. The van der Waals surface area contributed by atoms with E-state index in [1.54, 1.807) is 13.0 Å². The topological polar surface area (TPSA) is 69.3 Å². The molecule has 0 aliphatic carbocycles. The van der Waals surface area contributed by atoms with Crippen LogP contribution in [0, 0.1) is 12.1 Å². The van der Waals surface area contributed by atoms with Crippen LogP contribution in [-0.4, -0.2) is 17.2 Å². The molecule has 5 heteroatoms. The highest BCUT2D eigenvalue weighted by Gasteiger charge is 2.11. The zero-order chi connectivity index (χ0) is 9.14. The molecule has 0 saturated heterocycles. The number of hydrogen-bond acceptors (Lipinski definition) is 4. The Morgan fingerprint density at radius 2 is 2.42 bits per heavy atom. The van der Waals surface area contributed by atoms with Crippen molar-refractivity contribution in [1.82, 2.24) is 4.98 Å². The molecule has 1 heterocycles. The van der Waals surface area contributed by atoms with E-state index < -0.39 is 6.01 Å². The lowest BCUT2D eigenvalue weighted by atomic mass is 10.3. The van der Waals surface area contributed by atoms with Crippen LogP contribution in [0.3, 0.4) is 0 Å². The number of ether oxygens (including phenoxy) is 1. The molecule has 1 aromatic rings. The summed E-state index contributed by atoms with van der Waals surface area (Å²) in [4.78, 5) is 3.60. The van der Waals surface area contributed by atoms with Gasteiger partial charge in [-0.2, -0.15) is 4.73 Å². The highest BCUT2D eigenvalue weighted by atomic mass is 16.5. The first-order chi connectivity index (χ1) is 5.65. The molecule has 0 fully saturated rings. The fourth-order valence-electron chi connectivity index (χ4n) is 0.885. The predicted molar refractivity (Wildman–Crippen MR) is 40.3 cm³/mol. The Hall–Kier alpha value is -1.36. The molecule has 0 radical (unpaired) electrons. The SMILES string of the molecule is COCc1cc(C)[n+]([O-])c(O)n1. The van der Waals surface area contributed by atoms with Gasteiger partial charge < -0.3 is 15.1 Å². The third-order valence-electron chi connectivity index (χ3n) is 1.41. The molecular weight excluding hydrogens is 160 g/mol. The molecule has 5 nitrogen and oxygen atoms in total. The van der Waals surface area contributed by atoms with Crippen LogP contribution in [-0.2, 0) is 11.3 Å². The molecule has 12 heavy (non-hydrogen) atoms. The molecule has 0 bridgehead atoms. The van der Waals surface area contributed by atoms with Gasteiger partial charge in [-0.3, -0.25) is 0 Å². The van der Waals surface area contributed by atoms with Crippen molar-refractivity contribution >= 4 is 0 Å². The second kappa shape index (κ2) is 3.36. The molecule has 0 aromatic carbocycles. The first-order valence-electron chi connectivity index (χ1n) is 3.43. The van der Waals surface area contributed by atoms with Gasteiger partial charge in [0.2, 0.25) is 0 Å². The van der Waals surface area contributed by atoms with Crippen LogP contribution in [0.1, 0.15) is 11.4 Å². The average Bonchev–Trinajstić information content (AvgIpc) is 2.01. The van der Waals surface area contributed by atoms with E-state index in [4.69, 9.17) is 9.84 Å². The van der Waals surface area contributed by atoms with Crippen LogP contribution < -0.4 is 4.73 Å². The summed E-state index contributed by atoms with van der Waals surface area (Å²) in [5.74, 6) is 0. The molecule has 1 N–H and O–H groups in total. The van der Waals surface area contributed by atoms with Crippen molar-refractivity contribution in [3.05, 3.63) is 22.7 Å². The standard InChI is InChI=1S/C7H10N2O3/c1-5-3-6(4-12-2)8-7(10)9(5)11/h3H,4H2,1-2H3,(H,8,10). The van der Waals surface area contributed by atoms with E-state index in [9.17, 15) is 5.21 Å². The van der Waals surface area contributed by atoms with Crippen molar-refractivity contribution in [2.45, 2.75) is 13.5 Å². The van der Waals surface area contributed by atoms with Gasteiger partial charge in [0.15, 0.2) is 5.69 Å². The molecule has 0 spiro atoms. The van der Waals surface area contributed by atoms with Gasteiger partial charge in [-0.15, -0.1) is 0 Å². The summed E-state index contributed by atoms with van der Waals surface area (Å²) in [7, 11) is 1.52. The second-order valence-electron chi connectivity index (χ2n) is 2.42. The number of rotatable bonds is 2. The molecule has 0 aliphatic rings. The highest BCUT2D eigenvalue weighted by molar-refractivity contribution is 5.05. The van der Waals surface area contributed by atoms with E-state index in [1.807, 2.05) is 0 Å². The number of methoxy groups -OCH3 is 1. The van der Waals surface area contributed by atoms with Gasteiger partial charge in [-0.1, -0.05) is 0 Å². The van der Waals surface area contributed by atoms with Crippen molar-refractivity contribution < 1.29 is 14.6 Å². The Balaban J connectivity index is 3.04. The maximum Gasteiger partial charge on any atom is 0.499 e. The quantitative estimate of drug-likeness (QED) is 0.496. The Morgan fingerprint density at radius 1 is 1.75 bits per heavy atom. The predicted octanol–water partition coefficient (Wildman–Crippen LogP) is -0.125. The van der Waals surface area contributed by atoms with Crippen LogP contribution in [0.25, 0.3) is 0 Å². The average molecular weight is 170 g/mol. The minimum absolute atomic E-state index is 0.287. The fraction of sp³-hybridized carbons (Fsp3) is 0.429. The zero-order valence-electron chi connectivity index (χ0n) is 6.94. The summed E-state index contributed by atoms with van der Waals surface area (Å²) >= 11 is 0. The second-order valence-corrected chi connectivity index (χ2v) is 2.42. The van der Waals surface area contributed by atoms with Gasteiger partial charge in [-0.25, -0.2) is 0 Å². The van der Waals surface area contributed by atoms with Gasteiger partial charge in [0.1, 0.15) is 12.3 Å². The minimum atomic E-state index is -0.540. The number of nitrogens with zero attached hydrogens (tertiary/aromatic N) is 2. The highest BCUT2D eigenvalue weighted by Crippen LogP contribution is 2.03. The Bertz CT molecular complexity index is 265.